The van der Waals surface area contributed by atoms with E-state index < -0.39 is 144 Å². The van der Waals surface area contributed by atoms with Gasteiger partial charge in [0.2, 0.25) is 0 Å². The van der Waals surface area contributed by atoms with E-state index in [0.29, 0.717) is 0 Å². The van der Waals surface area contributed by atoms with Gasteiger partial charge in [0.15, 0.2) is 88.7 Å². The van der Waals surface area contributed by atoms with E-state index in [4.69, 9.17) is 0 Å². The number of pyridine rings is 1. The molecule has 0 unspecified atom stereocenters. The number of rotatable bonds is 7. The molecule has 0 amide bonds. The van der Waals surface area contributed by atoms with Crippen LogP contribution in [-0.2, 0) is 6.54 Å². The molecule has 0 aliphatic carbocycles. The van der Waals surface area contributed by atoms with Crippen LogP contribution in [0.5, 0.6) is 0 Å². The quantitative estimate of drug-likeness (QED) is 0.0493. The van der Waals surface area contributed by atoms with Crippen molar-refractivity contribution in [3.8, 4) is 11.1 Å². The molecule has 0 aliphatic rings. The molecule has 1 nitrogen and oxygen atoms in total. The van der Waals surface area contributed by atoms with E-state index in [1.54, 1.807) is 0 Å². The molecular formula is C43H18BF20N. The van der Waals surface area contributed by atoms with Crippen LogP contribution in [0, 0.1) is 123 Å². The molecule has 65 heavy (non-hydrogen) atoms. The molecule has 22 heteroatoms. The van der Waals surface area contributed by atoms with Crippen LogP contribution in [0.1, 0.15) is 11.1 Å². The SMILES string of the molecule is Cc1cccc(-c2cc[n+](Cc3ccccc3)cc2)c1.Fc1c(F)c(F)c([B-](c2c(F)c(F)c(F)c(F)c2F)(c2c(F)c(F)c(F)c(F)c2F)c2c(F)c(F)c(F)c(F)c2F)c(F)c1F. The lowest BCUT2D eigenvalue weighted by Gasteiger charge is -2.44. The molecule has 0 N–H and O–H groups in total. The second-order valence-corrected chi connectivity index (χ2v) is 13.9. The fourth-order valence-electron chi connectivity index (χ4n) is 7.25. The Kier molecular flexibility index (Phi) is 13.2. The minimum atomic E-state index is -7.22. The molecule has 0 fully saturated rings. The van der Waals surface area contributed by atoms with Crippen LogP contribution in [0.3, 0.4) is 0 Å². The number of benzene rings is 6. The Hall–Kier alpha value is -6.87. The van der Waals surface area contributed by atoms with Crippen molar-refractivity contribution in [2.24, 2.45) is 0 Å². The van der Waals surface area contributed by atoms with Gasteiger partial charge in [0.25, 0.3) is 0 Å². The average Bonchev–Trinajstić information content (AvgIpc) is 3.29. The molecule has 7 aromatic rings. The summed E-state index contributed by atoms with van der Waals surface area (Å²) in [6, 6.07) is 23.5. The smallest absolute Gasteiger partial charge is 0.200 e. The summed E-state index contributed by atoms with van der Waals surface area (Å²) in [5, 5.41) is 0. The summed E-state index contributed by atoms with van der Waals surface area (Å²) in [6.45, 7) is 3.04. The van der Waals surface area contributed by atoms with Crippen LogP contribution in [0.2, 0.25) is 0 Å². The van der Waals surface area contributed by atoms with Gasteiger partial charge in [0.05, 0.1) is 0 Å². The van der Waals surface area contributed by atoms with Gasteiger partial charge in [-0.25, -0.2) is 92.4 Å². The largest absolute Gasteiger partial charge is 0.207 e. The third-order valence-corrected chi connectivity index (χ3v) is 10.2. The second-order valence-electron chi connectivity index (χ2n) is 13.9. The summed E-state index contributed by atoms with van der Waals surface area (Å²) in [5.41, 5.74) is -9.18. The van der Waals surface area contributed by atoms with E-state index >= 15 is 35.1 Å². The van der Waals surface area contributed by atoms with Gasteiger partial charge >= 0.3 is 0 Å². The van der Waals surface area contributed by atoms with Crippen molar-refractivity contribution >= 4 is 28.0 Å². The fraction of sp³-hybridized carbons (Fsp3) is 0.0465. The molecule has 0 bridgehead atoms. The number of hydrogen-bond donors (Lipinski definition) is 0. The van der Waals surface area contributed by atoms with E-state index in [1.807, 2.05) is 0 Å². The normalized spacial score (nSPS) is 11.5. The fourth-order valence-corrected chi connectivity index (χ4v) is 7.25. The predicted octanol–water partition coefficient (Wildman–Crippen LogP) is 9.84. The molecule has 0 atom stereocenters. The molecule has 0 saturated carbocycles. The second kappa shape index (κ2) is 18.0. The number of aromatic nitrogens is 1. The van der Waals surface area contributed by atoms with Crippen LogP contribution in [0.4, 0.5) is 87.8 Å². The number of halogens is 20. The lowest BCUT2D eigenvalue weighted by atomic mass is 9.12. The highest BCUT2D eigenvalue weighted by Gasteiger charge is 2.52. The molecular weight excluding hydrogens is 921 g/mol. The lowest BCUT2D eigenvalue weighted by Crippen LogP contribution is -2.81. The summed E-state index contributed by atoms with van der Waals surface area (Å²) in [7, 11) is 0. The number of nitrogens with zero attached hydrogens (tertiary/aromatic N) is 1. The van der Waals surface area contributed by atoms with E-state index in [9.17, 15) is 52.7 Å². The Labute approximate surface area is 351 Å². The van der Waals surface area contributed by atoms with Crippen molar-refractivity contribution in [1.29, 1.82) is 0 Å². The first-order valence-corrected chi connectivity index (χ1v) is 17.8. The highest BCUT2D eigenvalue weighted by Crippen LogP contribution is 2.31. The standard InChI is InChI=1S/C24BF20.C19H18N/c26-5-1(6(27)14(35)21(42)13(5)34)25(2-7(28)15(36)22(43)16(37)8(2)29,3-9(30)17(38)23(44)18(39)10(3)31)4-11(32)19(40)24(45)20(41)12(4)33;1-16-6-5-9-19(14-16)18-10-12-20(13-11-18)15-17-7-3-2-4-8-17/h;2-14H,15H2,1H3/q-1;+1. The number of aryl methyl sites for hydroxylation is 1. The van der Waals surface area contributed by atoms with Crippen molar-refractivity contribution < 1.29 is 92.4 Å². The first-order valence-electron chi connectivity index (χ1n) is 17.8. The maximum absolute atomic E-state index is 15.4. The Bertz CT molecular complexity index is 2630. The van der Waals surface area contributed by atoms with E-state index in [1.165, 1.54) is 22.3 Å². The predicted molar refractivity (Wildman–Crippen MR) is 192 cm³/mol. The summed E-state index contributed by atoms with van der Waals surface area (Å²) in [6.07, 6.45) is -2.93. The molecule has 6 aromatic carbocycles. The van der Waals surface area contributed by atoms with Crippen LogP contribution >= 0.6 is 0 Å². The Morgan fingerprint density at radius 1 is 0.323 bits per heavy atom. The van der Waals surface area contributed by atoms with Crippen molar-refractivity contribution in [3.63, 3.8) is 0 Å². The maximum atomic E-state index is 15.4. The first kappa shape index (κ1) is 47.6. The van der Waals surface area contributed by atoms with Crippen LogP contribution in [0.25, 0.3) is 11.1 Å². The zero-order valence-corrected chi connectivity index (χ0v) is 31.8. The van der Waals surface area contributed by atoms with E-state index in [-0.39, 0.29) is 0 Å². The molecule has 1 heterocycles. The monoisotopic (exact) mass is 939 g/mol. The van der Waals surface area contributed by atoms with Crippen LogP contribution in [0.15, 0.2) is 79.1 Å². The number of hydrogen-bond acceptors (Lipinski definition) is 0. The summed E-state index contributed by atoms with van der Waals surface area (Å²) >= 11 is 0. The van der Waals surface area contributed by atoms with Gasteiger partial charge in [0.1, 0.15) is 52.7 Å². The van der Waals surface area contributed by atoms with Gasteiger partial charge in [-0.05, 0) is 18.1 Å². The van der Waals surface area contributed by atoms with Crippen molar-refractivity contribution in [3.05, 3.63) is 207 Å². The zero-order chi connectivity index (χ0) is 48.1. The van der Waals surface area contributed by atoms with Crippen molar-refractivity contribution in [2.45, 2.75) is 13.5 Å². The summed E-state index contributed by atoms with van der Waals surface area (Å²) < 4.78 is 296. The zero-order valence-electron chi connectivity index (χ0n) is 31.8. The molecule has 1 aromatic heterocycles. The third-order valence-electron chi connectivity index (χ3n) is 10.2. The molecule has 0 spiro atoms. The Morgan fingerprint density at radius 2 is 0.615 bits per heavy atom. The molecule has 0 radical (unpaired) electrons. The molecule has 7 rings (SSSR count). The average molecular weight is 939 g/mol. The van der Waals surface area contributed by atoms with Gasteiger partial charge in [-0.2, -0.15) is 0 Å². The highest BCUT2D eigenvalue weighted by molar-refractivity contribution is 7.20. The van der Waals surface area contributed by atoms with Crippen molar-refractivity contribution in [2.75, 3.05) is 0 Å². The Balaban J connectivity index is 0.000000289. The highest BCUT2D eigenvalue weighted by atomic mass is 19.2. The Morgan fingerprint density at radius 3 is 0.908 bits per heavy atom. The molecule has 0 aliphatic heterocycles. The van der Waals surface area contributed by atoms with Gasteiger partial charge < -0.3 is 0 Å². The summed E-state index contributed by atoms with van der Waals surface area (Å²) in [5.74, 6) is -71.4. The van der Waals surface area contributed by atoms with Crippen LogP contribution in [-0.4, -0.2) is 6.15 Å². The van der Waals surface area contributed by atoms with E-state index in [0.717, 1.165) is 6.54 Å². The maximum Gasteiger partial charge on any atom is 0.200 e. The van der Waals surface area contributed by atoms with Crippen molar-refractivity contribution in [1.82, 2.24) is 0 Å². The summed E-state index contributed by atoms with van der Waals surface area (Å²) in [4.78, 5) is 0. The molecule has 0 saturated heterocycles. The van der Waals surface area contributed by atoms with Crippen LogP contribution < -0.4 is 26.4 Å². The topological polar surface area (TPSA) is 3.88 Å². The lowest BCUT2D eigenvalue weighted by molar-refractivity contribution is -0.688. The minimum absolute atomic E-state index is 0.912. The van der Waals surface area contributed by atoms with Gasteiger partial charge in [-0.1, -0.05) is 60.2 Å². The third kappa shape index (κ3) is 7.81. The van der Waals surface area contributed by atoms with Gasteiger partial charge in [0, 0.05) is 17.7 Å². The van der Waals surface area contributed by atoms with Gasteiger partial charge in [-0.3, -0.25) is 0 Å². The van der Waals surface area contributed by atoms with Gasteiger partial charge in [-0.15, -0.1) is 21.9 Å². The van der Waals surface area contributed by atoms with E-state index in [2.05, 4.69) is 90.6 Å². The minimum Gasteiger partial charge on any atom is -0.207 e. The first-order chi connectivity index (χ1) is 30.5. The molecule has 338 valence electrons.